The quantitative estimate of drug-likeness (QED) is 0.490. The van der Waals surface area contributed by atoms with Crippen molar-refractivity contribution in [2.45, 2.75) is 23.3 Å². The lowest BCUT2D eigenvalue weighted by atomic mass is 9.99. The molecule has 0 bridgehead atoms. The number of hydrogen-bond donors (Lipinski definition) is 3. The number of aromatic nitrogens is 2. The highest BCUT2D eigenvalue weighted by atomic mass is 35.5. The zero-order valence-corrected chi connectivity index (χ0v) is 11.8. The maximum absolute atomic E-state index is 13.5. The van der Waals surface area contributed by atoms with Crippen LogP contribution in [-0.4, -0.2) is 43.5 Å². The third-order valence-electron chi connectivity index (χ3n) is 3.05. The molecule has 4 atom stereocenters. The van der Waals surface area contributed by atoms with E-state index in [0.717, 1.165) is 6.20 Å². The predicted molar refractivity (Wildman–Crippen MR) is 72.1 cm³/mol. The molecule has 2 heterocycles. The lowest BCUT2D eigenvalue weighted by Crippen LogP contribution is -2.43. The SMILES string of the molecule is Nc1nc(=O)n([C@@H]2O[C@H](CO)C(O)[C@]2(Cl)C#CCl)cc1F. The number of nitrogens with two attached hydrogens (primary N) is 1. The van der Waals surface area contributed by atoms with Gasteiger partial charge in [-0.2, -0.15) is 4.98 Å². The Labute approximate surface area is 128 Å². The first kappa shape index (κ1) is 16.0. The summed E-state index contributed by atoms with van der Waals surface area (Å²) >= 11 is 11.5. The molecule has 0 aromatic carbocycles. The molecule has 0 aliphatic carbocycles. The largest absolute Gasteiger partial charge is 0.394 e. The molecule has 4 N–H and O–H groups in total. The average Bonchev–Trinajstić information content (AvgIpc) is 2.67. The number of aliphatic hydroxyl groups is 2. The molecule has 0 spiro atoms. The van der Waals surface area contributed by atoms with Crippen LogP contribution in [0, 0.1) is 17.1 Å². The Kier molecular flexibility index (Phi) is 4.41. The second-order valence-corrected chi connectivity index (χ2v) is 5.12. The zero-order chi connectivity index (χ0) is 15.8. The maximum atomic E-state index is 13.5. The van der Waals surface area contributed by atoms with Crippen molar-refractivity contribution in [2.75, 3.05) is 12.3 Å². The molecule has 1 aliphatic heterocycles. The first-order valence-corrected chi connectivity index (χ1v) is 6.41. The van der Waals surface area contributed by atoms with Gasteiger partial charge in [-0.15, -0.1) is 0 Å². The van der Waals surface area contributed by atoms with Crippen molar-refractivity contribution in [3.8, 4) is 11.3 Å². The van der Waals surface area contributed by atoms with Gasteiger partial charge in [-0.3, -0.25) is 4.57 Å². The van der Waals surface area contributed by atoms with Crippen molar-refractivity contribution in [3.05, 3.63) is 22.5 Å². The molecule has 1 saturated heterocycles. The second-order valence-electron chi connectivity index (χ2n) is 4.31. The summed E-state index contributed by atoms with van der Waals surface area (Å²) in [4.78, 5) is 13.2. The minimum atomic E-state index is -1.86. The summed E-state index contributed by atoms with van der Waals surface area (Å²) in [5, 5.41) is 21.2. The van der Waals surface area contributed by atoms with Gasteiger partial charge in [-0.05, 0) is 11.6 Å². The summed E-state index contributed by atoms with van der Waals surface area (Å²) in [6.45, 7) is -0.588. The number of hydrogen-bond acceptors (Lipinski definition) is 6. The van der Waals surface area contributed by atoms with E-state index in [0.29, 0.717) is 4.57 Å². The molecule has 2 rings (SSSR count). The van der Waals surface area contributed by atoms with Crippen LogP contribution in [0.2, 0.25) is 0 Å². The van der Waals surface area contributed by atoms with E-state index in [9.17, 15) is 14.3 Å². The number of nitrogens with zero attached hydrogens (tertiary/aromatic N) is 2. The Morgan fingerprint density at radius 2 is 2.33 bits per heavy atom. The molecule has 7 nitrogen and oxygen atoms in total. The first-order valence-electron chi connectivity index (χ1n) is 5.65. The molecule has 1 aromatic heterocycles. The van der Waals surface area contributed by atoms with Crippen molar-refractivity contribution in [1.29, 1.82) is 0 Å². The van der Waals surface area contributed by atoms with E-state index in [2.05, 4.69) is 10.9 Å². The topological polar surface area (TPSA) is 111 Å². The van der Waals surface area contributed by atoms with Crippen molar-refractivity contribution in [2.24, 2.45) is 0 Å². The molecule has 1 aromatic rings. The smallest absolute Gasteiger partial charge is 0.351 e. The summed E-state index contributed by atoms with van der Waals surface area (Å²) in [6.07, 6.45) is -3.27. The van der Waals surface area contributed by atoms with E-state index in [1.54, 1.807) is 0 Å². The molecule has 0 saturated carbocycles. The lowest BCUT2D eigenvalue weighted by molar-refractivity contribution is -0.0467. The summed E-state index contributed by atoms with van der Waals surface area (Å²) in [5.74, 6) is 0.738. The molecule has 10 heteroatoms. The Morgan fingerprint density at radius 3 is 2.90 bits per heavy atom. The van der Waals surface area contributed by atoms with E-state index in [1.807, 2.05) is 5.38 Å². The minimum absolute atomic E-state index is 0.586. The van der Waals surface area contributed by atoms with Crippen LogP contribution in [0.1, 0.15) is 6.23 Å². The van der Waals surface area contributed by atoms with Gasteiger partial charge >= 0.3 is 5.69 Å². The highest BCUT2D eigenvalue weighted by Crippen LogP contribution is 2.42. The van der Waals surface area contributed by atoms with Crippen LogP contribution in [-0.2, 0) is 4.74 Å². The number of aliphatic hydroxyl groups excluding tert-OH is 2. The fraction of sp³-hybridized carbons (Fsp3) is 0.455. The molecule has 21 heavy (non-hydrogen) atoms. The summed E-state index contributed by atoms with van der Waals surface area (Å²) < 4.78 is 19.5. The van der Waals surface area contributed by atoms with Crippen LogP contribution in [0.25, 0.3) is 0 Å². The highest BCUT2D eigenvalue weighted by Gasteiger charge is 2.56. The second kappa shape index (κ2) is 5.79. The standard InChI is InChI=1S/C11H10Cl2FN3O4/c12-2-1-11(13)7(19)6(4-18)21-9(11)17-3-5(14)8(15)16-10(17)20/h3,6-7,9,18-19H,4H2,(H2,15,16,20)/t6-,7?,9-,11-/m1/s1. The van der Waals surface area contributed by atoms with Crippen LogP contribution < -0.4 is 11.4 Å². The van der Waals surface area contributed by atoms with Crippen LogP contribution in [0.3, 0.4) is 0 Å². The summed E-state index contributed by atoms with van der Waals surface area (Å²) in [7, 11) is 0. The molecular formula is C11H10Cl2FN3O4. The third kappa shape index (κ3) is 2.59. The molecule has 1 aliphatic rings. The van der Waals surface area contributed by atoms with Crippen LogP contribution in [0.4, 0.5) is 10.2 Å². The number of rotatable bonds is 2. The van der Waals surface area contributed by atoms with Crippen LogP contribution in [0.5, 0.6) is 0 Å². The summed E-state index contributed by atoms with van der Waals surface area (Å²) in [5.41, 5.74) is 4.23. The Hall–Kier alpha value is -1.37. The first-order chi connectivity index (χ1) is 9.85. The molecule has 0 radical (unpaired) electrons. The van der Waals surface area contributed by atoms with Gasteiger partial charge in [-0.1, -0.05) is 17.5 Å². The highest BCUT2D eigenvalue weighted by molar-refractivity contribution is 6.32. The predicted octanol–water partition coefficient (Wildman–Crippen LogP) is -0.607. The average molecular weight is 338 g/mol. The molecule has 0 amide bonds. The molecule has 114 valence electrons. The van der Waals surface area contributed by atoms with Crippen LogP contribution >= 0.6 is 23.2 Å². The maximum Gasteiger partial charge on any atom is 0.351 e. The van der Waals surface area contributed by atoms with Gasteiger partial charge in [0.25, 0.3) is 0 Å². The number of ether oxygens (including phenoxy) is 1. The van der Waals surface area contributed by atoms with Gasteiger partial charge < -0.3 is 20.7 Å². The van der Waals surface area contributed by atoms with E-state index in [-0.39, 0.29) is 0 Å². The fourth-order valence-corrected chi connectivity index (χ4v) is 2.55. The fourth-order valence-electron chi connectivity index (χ4n) is 2.00. The van der Waals surface area contributed by atoms with E-state index in [4.69, 9.17) is 38.8 Å². The van der Waals surface area contributed by atoms with Gasteiger partial charge in [0.2, 0.25) is 0 Å². The zero-order valence-electron chi connectivity index (χ0n) is 10.3. The van der Waals surface area contributed by atoms with Crippen molar-refractivity contribution in [1.82, 2.24) is 9.55 Å². The van der Waals surface area contributed by atoms with Gasteiger partial charge in [0.05, 0.1) is 12.8 Å². The number of halogens is 3. The monoisotopic (exact) mass is 337 g/mol. The minimum Gasteiger partial charge on any atom is -0.394 e. The van der Waals surface area contributed by atoms with Crippen molar-refractivity contribution >= 4 is 29.0 Å². The lowest BCUT2D eigenvalue weighted by Gasteiger charge is -2.25. The number of alkyl halides is 1. The van der Waals surface area contributed by atoms with E-state index in [1.165, 1.54) is 0 Å². The summed E-state index contributed by atoms with van der Waals surface area (Å²) in [6, 6.07) is 0. The van der Waals surface area contributed by atoms with Gasteiger partial charge in [-0.25, -0.2) is 9.18 Å². The Bertz CT molecular complexity index is 674. The normalized spacial score (nSPS) is 31.8. The van der Waals surface area contributed by atoms with Crippen molar-refractivity contribution < 1.29 is 19.3 Å². The van der Waals surface area contributed by atoms with Gasteiger partial charge in [0, 0.05) is 5.38 Å². The Balaban J connectivity index is 2.58. The molecule has 1 unspecified atom stereocenters. The van der Waals surface area contributed by atoms with Gasteiger partial charge in [0.1, 0.15) is 12.2 Å². The molecular weight excluding hydrogens is 328 g/mol. The number of nitrogen functional groups attached to an aromatic ring is 1. The number of anilines is 1. The molecule has 1 fully saturated rings. The van der Waals surface area contributed by atoms with Crippen molar-refractivity contribution in [3.63, 3.8) is 0 Å². The van der Waals surface area contributed by atoms with Crippen LogP contribution in [0.15, 0.2) is 11.0 Å². The van der Waals surface area contributed by atoms with E-state index >= 15 is 0 Å². The third-order valence-corrected chi connectivity index (χ3v) is 3.65. The Morgan fingerprint density at radius 1 is 1.67 bits per heavy atom. The van der Waals surface area contributed by atoms with Gasteiger partial charge in [0.15, 0.2) is 22.7 Å². The van der Waals surface area contributed by atoms with E-state index < -0.39 is 47.2 Å².